The zero-order valence-corrected chi connectivity index (χ0v) is 11.8. The number of alkyl halides is 3. The van der Waals surface area contributed by atoms with Crippen molar-refractivity contribution in [3.05, 3.63) is 42.2 Å². The SMILES string of the molecule is FC(F)(F)c1ccccc1Oc1cnn(C2CCCNC2)c1. The number of benzene rings is 1. The highest BCUT2D eigenvalue weighted by atomic mass is 19.4. The molecule has 0 spiro atoms. The van der Waals surface area contributed by atoms with Gasteiger partial charge in [-0.3, -0.25) is 4.68 Å². The van der Waals surface area contributed by atoms with Crippen LogP contribution in [0.3, 0.4) is 0 Å². The van der Waals surface area contributed by atoms with Gasteiger partial charge in [-0.2, -0.15) is 18.3 Å². The van der Waals surface area contributed by atoms with Crippen molar-refractivity contribution >= 4 is 0 Å². The van der Waals surface area contributed by atoms with Gasteiger partial charge in [0.15, 0.2) is 5.75 Å². The Labute approximate surface area is 125 Å². The summed E-state index contributed by atoms with van der Waals surface area (Å²) in [5, 5.41) is 7.47. The molecule has 2 aromatic rings. The Morgan fingerprint density at radius 2 is 2.09 bits per heavy atom. The van der Waals surface area contributed by atoms with Crippen molar-refractivity contribution in [1.82, 2.24) is 15.1 Å². The van der Waals surface area contributed by atoms with E-state index in [9.17, 15) is 13.2 Å². The number of halogens is 3. The zero-order chi connectivity index (χ0) is 15.6. The van der Waals surface area contributed by atoms with Crippen molar-refractivity contribution in [3.63, 3.8) is 0 Å². The molecule has 7 heteroatoms. The lowest BCUT2D eigenvalue weighted by atomic mass is 10.1. The number of hydrogen-bond donors (Lipinski definition) is 1. The fourth-order valence-corrected chi connectivity index (χ4v) is 2.55. The lowest BCUT2D eigenvalue weighted by Crippen LogP contribution is -2.31. The molecule has 2 heterocycles. The molecule has 1 aromatic heterocycles. The number of nitrogens with one attached hydrogen (secondary N) is 1. The molecule has 3 rings (SSSR count). The molecule has 1 aromatic carbocycles. The van der Waals surface area contributed by atoms with Crippen LogP contribution < -0.4 is 10.1 Å². The van der Waals surface area contributed by atoms with E-state index in [-0.39, 0.29) is 11.8 Å². The summed E-state index contributed by atoms with van der Waals surface area (Å²) in [6.45, 7) is 1.79. The molecule has 4 nitrogen and oxygen atoms in total. The second kappa shape index (κ2) is 6.00. The van der Waals surface area contributed by atoms with E-state index in [1.165, 1.54) is 24.4 Å². The Morgan fingerprint density at radius 3 is 2.82 bits per heavy atom. The first kappa shape index (κ1) is 14.9. The average molecular weight is 311 g/mol. The number of nitrogens with zero attached hydrogens (tertiary/aromatic N) is 2. The number of piperidine rings is 1. The van der Waals surface area contributed by atoms with Crippen LogP contribution in [-0.4, -0.2) is 22.9 Å². The van der Waals surface area contributed by atoms with Crippen LogP contribution in [0.4, 0.5) is 13.2 Å². The van der Waals surface area contributed by atoms with E-state index in [4.69, 9.17) is 4.74 Å². The fraction of sp³-hybridized carbons (Fsp3) is 0.400. The van der Waals surface area contributed by atoms with E-state index in [1.807, 2.05) is 0 Å². The van der Waals surface area contributed by atoms with Gasteiger partial charge in [0.2, 0.25) is 0 Å². The van der Waals surface area contributed by atoms with E-state index < -0.39 is 11.7 Å². The van der Waals surface area contributed by atoms with Gasteiger partial charge in [-0.1, -0.05) is 12.1 Å². The van der Waals surface area contributed by atoms with Crippen LogP contribution >= 0.6 is 0 Å². The molecule has 1 saturated heterocycles. The van der Waals surface area contributed by atoms with Gasteiger partial charge < -0.3 is 10.1 Å². The van der Waals surface area contributed by atoms with E-state index in [0.29, 0.717) is 5.75 Å². The van der Waals surface area contributed by atoms with Gasteiger partial charge in [0, 0.05) is 6.54 Å². The monoisotopic (exact) mass is 311 g/mol. The van der Waals surface area contributed by atoms with Crippen molar-refractivity contribution in [2.24, 2.45) is 0 Å². The molecule has 118 valence electrons. The predicted octanol–water partition coefficient (Wildman–Crippen LogP) is 3.62. The summed E-state index contributed by atoms with van der Waals surface area (Å²) in [5.41, 5.74) is -0.790. The van der Waals surface area contributed by atoms with Gasteiger partial charge in [0.05, 0.1) is 24.0 Å². The van der Waals surface area contributed by atoms with Crippen LogP contribution in [0.25, 0.3) is 0 Å². The standard InChI is InChI=1S/C15H16F3N3O/c16-15(17,18)13-5-1-2-6-14(13)22-12-9-20-21(10-12)11-4-3-7-19-8-11/h1-2,5-6,9-11,19H,3-4,7-8H2. The molecular formula is C15H16F3N3O. The van der Waals surface area contributed by atoms with Crippen LogP contribution in [0, 0.1) is 0 Å². The minimum Gasteiger partial charge on any atom is -0.453 e. The average Bonchev–Trinajstić information content (AvgIpc) is 2.96. The summed E-state index contributed by atoms with van der Waals surface area (Å²) in [4.78, 5) is 0. The first-order valence-corrected chi connectivity index (χ1v) is 7.13. The highest BCUT2D eigenvalue weighted by Gasteiger charge is 2.34. The van der Waals surface area contributed by atoms with Crippen LogP contribution in [0.2, 0.25) is 0 Å². The van der Waals surface area contributed by atoms with Gasteiger partial charge in [-0.05, 0) is 31.5 Å². The van der Waals surface area contributed by atoms with Gasteiger partial charge in [-0.25, -0.2) is 0 Å². The van der Waals surface area contributed by atoms with Gasteiger partial charge in [0.1, 0.15) is 5.75 Å². The Balaban J connectivity index is 1.78. The summed E-state index contributed by atoms with van der Waals surface area (Å²) >= 11 is 0. The maximum absolute atomic E-state index is 12.9. The minimum absolute atomic E-state index is 0.212. The molecule has 0 radical (unpaired) electrons. The smallest absolute Gasteiger partial charge is 0.419 e. The number of aromatic nitrogens is 2. The van der Waals surface area contributed by atoms with E-state index >= 15 is 0 Å². The van der Waals surface area contributed by atoms with Crippen molar-refractivity contribution < 1.29 is 17.9 Å². The number of para-hydroxylation sites is 1. The third kappa shape index (κ3) is 3.24. The molecule has 0 saturated carbocycles. The molecule has 1 N–H and O–H groups in total. The Kier molecular flexibility index (Phi) is 4.06. The van der Waals surface area contributed by atoms with Gasteiger partial charge in [0.25, 0.3) is 0 Å². The summed E-state index contributed by atoms with van der Waals surface area (Å²) < 4.78 is 45.9. The molecule has 0 bridgehead atoms. The van der Waals surface area contributed by atoms with E-state index in [0.717, 1.165) is 32.0 Å². The van der Waals surface area contributed by atoms with Gasteiger partial charge >= 0.3 is 6.18 Å². The van der Waals surface area contributed by atoms with Crippen molar-refractivity contribution in [3.8, 4) is 11.5 Å². The number of ether oxygens (including phenoxy) is 1. The number of hydrogen-bond acceptors (Lipinski definition) is 3. The Hall–Kier alpha value is -2.02. The van der Waals surface area contributed by atoms with Crippen LogP contribution in [0.15, 0.2) is 36.7 Å². The lowest BCUT2D eigenvalue weighted by Gasteiger charge is -2.22. The third-order valence-corrected chi connectivity index (χ3v) is 3.64. The summed E-state index contributed by atoms with van der Waals surface area (Å²) in [7, 11) is 0. The second-order valence-electron chi connectivity index (χ2n) is 5.25. The molecule has 1 unspecified atom stereocenters. The normalized spacial score (nSPS) is 19.1. The molecule has 1 aliphatic rings. The van der Waals surface area contributed by atoms with Crippen molar-refractivity contribution in [2.45, 2.75) is 25.1 Å². The summed E-state index contributed by atoms with van der Waals surface area (Å²) in [5.74, 6) is 0.0959. The fourth-order valence-electron chi connectivity index (χ4n) is 2.55. The van der Waals surface area contributed by atoms with E-state index in [2.05, 4.69) is 10.4 Å². The maximum atomic E-state index is 12.9. The largest absolute Gasteiger partial charge is 0.453 e. The quantitative estimate of drug-likeness (QED) is 0.941. The first-order chi connectivity index (χ1) is 10.5. The molecule has 1 aliphatic heterocycles. The Morgan fingerprint density at radius 1 is 1.27 bits per heavy atom. The minimum atomic E-state index is -4.44. The van der Waals surface area contributed by atoms with E-state index in [1.54, 1.807) is 10.9 Å². The topological polar surface area (TPSA) is 39.1 Å². The molecule has 1 fully saturated rings. The molecule has 0 aliphatic carbocycles. The van der Waals surface area contributed by atoms with Gasteiger partial charge in [-0.15, -0.1) is 0 Å². The van der Waals surface area contributed by atoms with Crippen molar-refractivity contribution in [1.29, 1.82) is 0 Å². The molecule has 0 amide bonds. The maximum Gasteiger partial charge on any atom is 0.419 e. The molecule has 22 heavy (non-hydrogen) atoms. The Bertz CT molecular complexity index is 633. The van der Waals surface area contributed by atoms with Crippen LogP contribution in [-0.2, 0) is 6.18 Å². The van der Waals surface area contributed by atoms with Crippen LogP contribution in [0.5, 0.6) is 11.5 Å². The second-order valence-corrected chi connectivity index (χ2v) is 5.25. The summed E-state index contributed by atoms with van der Waals surface area (Å²) in [6.07, 6.45) is 0.692. The summed E-state index contributed by atoms with van der Waals surface area (Å²) in [6, 6.07) is 5.38. The lowest BCUT2D eigenvalue weighted by molar-refractivity contribution is -0.138. The highest BCUT2D eigenvalue weighted by Crippen LogP contribution is 2.37. The first-order valence-electron chi connectivity index (χ1n) is 7.13. The molecule has 1 atom stereocenters. The van der Waals surface area contributed by atoms with Crippen molar-refractivity contribution in [2.75, 3.05) is 13.1 Å². The predicted molar refractivity (Wildman–Crippen MR) is 74.9 cm³/mol. The highest BCUT2D eigenvalue weighted by molar-refractivity contribution is 5.38. The number of rotatable bonds is 3. The third-order valence-electron chi connectivity index (χ3n) is 3.64. The zero-order valence-electron chi connectivity index (χ0n) is 11.8. The molecular weight excluding hydrogens is 295 g/mol. The van der Waals surface area contributed by atoms with Crippen LogP contribution in [0.1, 0.15) is 24.4 Å².